The van der Waals surface area contributed by atoms with Gasteiger partial charge in [-0.05, 0) is 55.8 Å². The van der Waals surface area contributed by atoms with Crippen molar-refractivity contribution >= 4 is 5.78 Å². The van der Waals surface area contributed by atoms with Crippen LogP contribution in [0.3, 0.4) is 0 Å². The first-order chi connectivity index (χ1) is 12.7. The summed E-state index contributed by atoms with van der Waals surface area (Å²) < 4.78 is 5.76. The van der Waals surface area contributed by atoms with Crippen LogP contribution in [-0.2, 0) is 0 Å². The molecule has 1 heterocycles. The molecule has 1 aliphatic rings. The Kier molecular flexibility index (Phi) is 6.39. The molecule has 3 rings (SSSR count). The minimum atomic E-state index is -0.285. The lowest BCUT2D eigenvalue weighted by molar-refractivity contribution is 0.0408. The summed E-state index contributed by atoms with van der Waals surface area (Å²) in [6, 6.07) is 16.5. The summed E-state index contributed by atoms with van der Waals surface area (Å²) in [6.45, 7) is 1.19. The molecule has 1 fully saturated rings. The van der Waals surface area contributed by atoms with E-state index in [9.17, 15) is 15.0 Å². The Balaban J connectivity index is 1.64. The largest absolute Gasteiger partial charge is 0.457 e. The lowest BCUT2D eigenvalue weighted by atomic mass is 9.89. The number of hydrogen-bond donors (Lipinski definition) is 2. The highest BCUT2D eigenvalue weighted by atomic mass is 16.5. The minimum absolute atomic E-state index is 0.0943. The molecule has 5 nitrogen and oxygen atoms in total. The van der Waals surface area contributed by atoms with E-state index < -0.39 is 0 Å². The van der Waals surface area contributed by atoms with Gasteiger partial charge in [-0.2, -0.15) is 0 Å². The Morgan fingerprint density at radius 2 is 1.69 bits per heavy atom. The molecular weight excluding hydrogens is 330 g/mol. The molecule has 5 heteroatoms. The van der Waals surface area contributed by atoms with Crippen molar-refractivity contribution in [3.05, 3.63) is 60.2 Å². The molecule has 1 unspecified atom stereocenters. The number of para-hydroxylation sites is 1. The highest BCUT2D eigenvalue weighted by Crippen LogP contribution is 2.25. The fourth-order valence-electron chi connectivity index (χ4n) is 3.39. The second kappa shape index (κ2) is 8.94. The molecule has 2 aromatic carbocycles. The summed E-state index contributed by atoms with van der Waals surface area (Å²) in [6.07, 6.45) is 1.73. The first-order valence-corrected chi connectivity index (χ1v) is 9.04. The summed E-state index contributed by atoms with van der Waals surface area (Å²) in [5.74, 6) is 1.45. The van der Waals surface area contributed by atoms with Crippen LogP contribution in [0.1, 0.15) is 23.2 Å². The second-order valence-electron chi connectivity index (χ2n) is 6.66. The van der Waals surface area contributed by atoms with Crippen molar-refractivity contribution in [1.29, 1.82) is 0 Å². The summed E-state index contributed by atoms with van der Waals surface area (Å²) in [5, 5.41) is 18.7. The molecular formula is C21H25NO4. The van der Waals surface area contributed by atoms with Gasteiger partial charge in [-0.15, -0.1) is 0 Å². The molecule has 1 aliphatic heterocycles. The van der Waals surface area contributed by atoms with Gasteiger partial charge in [0.15, 0.2) is 5.78 Å². The molecule has 26 heavy (non-hydrogen) atoms. The summed E-state index contributed by atoms with van der Waals surface area (Å²) >= 11 is 0. The lowest BCUT2D eigenvalue weighted by Crippen LogP contribution is -2.47. The van der Waals surface area contributed by atoms with Gasteiger partial charge in [-0.25, -0.2) is 0 Å². The fraction of sp³-hybridized carbons (Fsp3) is 0.381. The van der Waals surface area contributed by atoms with Crippen molar-refractivity contribution in [2.24, 2.45) is 5.92 Å². The standard InChI is InChI=1S/C21H25NO4/c23-14-18(15-24)22-12-4-5-17(13-22)21(25)16-8-10-20(11-9-16)26-19-6-2-1-3-7-19/h1-3,6-11,17-18,23-24H,4-5,12-15H2. The quantitative estimate of drug-likeness (QED) is 0.748. The van der Waals surface area contributed by atoms with E-state index in [1.165, 1.54) is 0 Å². The van der Waals surface area contributed by atoms with Crippen LogP contribution in [0.15, 0.2) is 54.6 Å². The van der Waals surface area contributed by atoms with Crippen LogP contribution in [0, 0.1) is 5.92 Å². The number of aliphatic hydroxyl groups is 2. The second-order valence-corrected chi connectivity index (χ2v) is 6.66. The van der Waals surface area contributed by atoms with E-state index in [-0.39, 0.29) is 31.0 Å². The smallest absolute Gasteiger partial charge is 0.167 e. The predicted molar refractivity (Wildman–Crippen MR) is 99.5 cm³/mol. The maximum Gasteiger partial charge on any atom is 0.167 e. The Labute approximate surface area is 153 Å². The monoisotopic (exact) mass is 355 g/mol. The van der Waals surface area contributed by atoms with E-state index in [1.807, 2.05) is 47.4 Å². The fourth-order valence-corrected chi connectivity index (χ4v) is 3.39. The van der Waals surface area contributed by atoms with Crippen molar-refractivity contribution in [3.8, 4) is 11.5 Å². The van der Waals surface area contributed by atoms with Gasteiger partial charge in [0.25, 0.3) is 0 Å². The van der Waals surface area contributed by atoms with E-state index in [0.717, 1.165) is 25.1 Å². The molecule has 0 bridgehead atoms. The topological polar surface area (TPSA) is 70.0 Å². The number of hydrogen-bond acceptors (Lipinski definition) is 5. The van der Waals surface area contributed by atoms with Gasteiger partial charge in [0, 0.05) is 18.0 Å². The Hall–Kier alpha value is -2.21. The first kappa shape index (κ1) is 18.6. The Bertz CT molecular complexity index is 698. The van der Waals surface area contributed by atoms with E-state index in [1.54, 1.807) is 12.1 Å². The average molecular weight is 355 g/mol. The van der Waals surface area contributed by atoms with Crippen LogP contribution in [-0.4, -0.2) is 53.2 Å². The highest BCUT2D eigenvalue weighted by molar-refractivity contribution is 5.98. The van der Waals surface area contributed by atoms with Crippen molar-refractivity contribution in [1.82, 2.24) is 4.90 Å². The van der Waals surface area contributed by atoms with Gasteiger partial charge in [0.2, 0.25) is 0 Å². The van der Waals surface area contributed by atoms with Crippen LogP contribution in [0.5, 0.6) is 11.5 Å². The van der Waals surface area contributed by atoms with E-state index >= 15 is 0 Å². The van der Waals surface area contributed by atoms with Gasteiger partial charge in [-0.3, -0.25) is 9.69 Å². The van der Waals surface area contributed by atoms with Crippen molar-refractivity contribution in [2.45, 2.75) is 18.9 Å². The van der Waals surface area contributed by atoms with Crippen LogP contribution in [0.4, 0.5) is 0 Å². The minimum Gasteiger partial charge on any atom is -0.457 e. The normalized spacial score (nSPS) is 18.0. The SMILES string of the molecule is O=C(c1ccc(Oc2ccccc2)cc1)C1CCCN(C(CO)CO)C1. The highest BCUT2D eigenvalue weighted by Gasteiger charge is 2.29. The van der Waals surface area contributed by atoms with E-state index in [2.05, 4.69) is 0 Å². The number of rotatable bonds is 7. The van der Waals surface area contributed by atoms with Crippen molar-refractivity contribution < 1.29 is 19.7 Å². The lowest BCUT2D eigenvalue weighted by Gasteiger charge is -2.36. The van der Waals surface area contributed by atoms with Gasteiger partial charge in [0.1, 0.15) is 11.5 Å². The zero-order chi connectivity index (χ0) is 18.4. The molecule has 1 atom stereocenters. The number of aliphatic hydroxyl groups excluding tert-OH is 2. The molecule has 0 amide bonds. The molecule has 0 aromatic heterocycles. The maximum absolute atomic E-state index is 12.8. The first-order valence-electron chi connectivity index (χ1n) is 9.04. The summed E-state index contributed by atoms with van der Waals surface area (Å²) in [7, 11) is 0. The van der Waals surface area contributed by atoms with E-state index in [0.29, 0.717) is 17.9 Å². The Morgan fingerprint density at radius 1 is 1.04 bits per heavy atom. The van der Waals surface area contributed by atoms with Crippen LogP contribution >= 0.6 is 0 Å². The third-order valence-corrected chi connectivity index (χ3v) is 4.88. The zero-order valence-electron chi connectivity index (χ0n) is 14.8. The molecule has 2 aromatic rings. The van der Waals surface area contributed by atoms with Gasteiger partial charge in [-0.1, -0.05) is 18.2 Å². The zero-order valence-corrected chi connectivity index (χ0v) is 14.8. The van der Waals surface area contributed by atoms with Crippen molar-refractivity contribution in [3.63, 3.8) is 0 Å². The number of carbonyl (C=O) groups excluding carboxylic acids is 1. The third kappa shape index (κ3) is 4.49. The maximum atomic E-state index is 12.8. The molecule has 0 saturated carbocycles. The number of likely N-dealkylation sites (tertiary alicyclic amines) is 1. The molecule has 2 N–H and O–H groups in total. The molecule has 0 spiro atoms. The molecule has 0 aliphatic carbocycles. The van der Waals surface area contributed by atoms with Crippen LogP contribution in [0.2, 0.25) is 0 Å². The van der Waals surface area contributed by atoms with Crippen molar-refractivity contribution in [2.75, 3.05) is 26.3 Å². The molecule has 0 radical (unpaired) electrons. The van der Waals surface area contributed by atoms with Gasteiger partial charge < -0.3 is 14.9 Å². The van der Waals surface area contributed by atoms with Gasteiger partial charge in [0.05, 0.1) is 19.3 Å². The van der Waals surface area contributed by atoms with E-state index in [4.69, 9.17) is 4.74 Å². The molecule has 1 saturated heterocycles. The summed E-state index contributed by atoms with van der Waals surface area (Å²) in [5.41, 5.74) is 0.668. The number of carbonyl (C=O) groups is 1. The average Bonchev–Trinajstić information content (AvgIpc) is 2.70. The predicted octanol–water partition coefficient (Wildman–Crippen LogP) is 2.73. The van der Waals surface area contributed by atoms with Crippen LogP contribution < -0.4 is 4.74 Å². The number of Topliss-reactive ketones (excluding diaryl/α,β-unsaturated/α-hetero) is 1. The number of ether oxygens (including phenoxy) is 1. The number of piperidine rings is 1. The Morgan fingerprint density at radius 3 is 2.35 bits per heavy atom. The summed E-state index contributed by atoms with van der Waals surface area (Å²) in [4.78, 5) is 14.8. The number of benzene rings is 2. The van der Waals surface area contributed by atoms with Gasteiger partial charge >= 0.3 is 0 Å². The number of nitrogens with zero attached hydrogens (tertiary/aromatic N) is 1. The van der Waals surface area contributed by atoms with Crippen LogP contribution in [0.25, 0.3) is 0 Å². The molecule has 138 valence electrons. The number of ketones is 1. The third-order valence-electron chi connectivity index (χ3n) is 4.88.